The summed E-state index contributed by atoms with van der Waals surface area (Å²) < 4.78 is 0. The lowest BCUT2D eigenvalue weighted by atomic mass is 10.0. The first-order valence-electron chi connectivity index (χ1n) is 19.0. The summed E-state index contributed by atoms with van der Waals surface area (Å²) in [6.45, 7) is 4.16. The molecular weight excluding hydrogens is 554 g/mol. The van der Waals surface area contributed by atoms with Gasteiger partial charge in [0.15, 0.2) is 0 Å². The van der Waals surface area contributed by atoms with Gasteiger partial charge in [0.1, 0.15) is 0 Å². The minimum Gasteiger partial charge on any atom is -0.394 e. The molecule has 3 N–H and O–H groups in total. The lowest BCUT2D eigenvalue weighted by molar-refractivity contribution is -0.123. The van der Waals surface area contributed by atoms with Crippen LogP contribution in [0.15, 0.2) is 60.8 Å². The number of unbranched alkanes of at least 4 members (excludes halogenated alkanes) is 18. The van der Waals surface area contributed by atoms with Gasteiger partial charge in [-0.3, -0.25) is 4.79 Å². The van der Waals surface area contributed by atoms with E-state index in [0.29, 0.717) is 6.42 Å². The second kappa shape index (κ2) is 36.6. The molecule has 1 amide bonds. The number of hydrogen-bond acceptors (Lipinski definition) is 3. The average Bonchev–Trinajstić information content (AvgIpc) is 3.04. The maximum Gasteiger partial charge on any atom is 0.220 e. The Labute approximate surface area is 279 Å². The average molecular weight is 628 g/mol. The smallest absolute Gasteiger partial charge is 0.220 e. The Bertz CT molecular complexity index is 767. The third kappa shape index (κ3) is 33.3. The van der Waals surface area contributed by atoms with Crippen molar-refractivity contribution in [2.75, 3.05) is 6.61 Å². The summed E-state index contributed by atoms with van der Waals surface area (Å²) in [7, 11) is 0. The first-order valence-corrected chi connectivity index (χ1v) is 19.0. The molecule has 0 aromatic heterocycles. The van der Waals surface area contributed by atoms with Gasteiger partial charge in [0.25, 0.3) is 0 Å². The molecular formula is C41H73NO3. The summed E-state index contributed by atoms with van der Waals surface area (Å²) in [6, 6.07) is -0.645. The van der Waals surface area contributed by atoms with E-state index in [9.17, 15) is 15.0 Å². The van der Waals surface area contributed by atoms with Crippen LogP contribution in [0.4, 0.5) is 0 Å². The zero-order valence-corrected chi connectivity index (χ0v) is 29.6. The molecule has 260 valence electrons. The first kappa shape index (κ1) is 43.1. The molecule has 0 saturated carbocycles. The molecule has 4 nitrogen and oxygen atoms in total. The second-order valence-corrected chi connectivity index (χ2v) is 12.6. The van der Waals surface area contributed by atoms with Crippen LogP contribution in [0.1, 0.15) is 174 Å². The number of amides is 1. The van der Waals surface area contributed by atoms with Gasteiger partial charge in [0.05, 0.1) is 18.8 Å². The molecule has 0 heterocycles. The van der Waals surface area contributed by atoms with Crippen LogP contribution >= 0.6 is 0 Å². The number of aliphatic hydroxyl groups is 2. The fourth-order valence-electron chi connectivity index (χ4n) is 5.34. The lowest BCUT2D eigenvalue weighted by Gasteiger charge is -2.19. The van der Waals surface area contributed by atoms with Crippen LogP contribution in [0.5, 0.6) is 0 Å². The summed E-state index contributed by atoms with van der Waals surface area (Å²) >= 11 is 0. The number of allylic oxidation sites excluding steroid dienone is 9. The van der Waals surface area contributed by atoms with Crippen LogP contribution in [0, 0.1) is 0 Å². The largest absolute Gasteiger partial charge is 0.394 e. The minimum absolute atomic E-state index is 0.107. The highest BCUT2D eigenvalue weighted by Crippen LogP contribution is 2.14. The second-order valence-electron chi connectivity index (χ2n) is 12.6. The van der Waals surface area contributed by atoms with E-state index in [2.05, 4.69) is 67.8 Å². The van der Waals surface area contributed by atoms with E-state index >= 15 is 0 Å². The number of hydrogen-bond donors (Lipinski definition) is 3. The van der Waals surface area contributed by atoms with Crippen LogP contribution in [-0.4, -0.2) is 34.9 Å². The van der Waals surface area contributed by atoms with Gasteiger partial charge < -0.3 is 15.5 Å². The van der Waals surface area contributed by atoms with Crippen molar-refractivity contribution in [1.29, 1.82) is 0 Å². The van der Waals surface area contributed by atoms with Crippen LogP contribution in [0.25, 0.3) is 0 Å². The van der Waals surface area contributed by atoms with E-state index in [0.717, 1.165) is 57.8 Å². The van der Waals surface area contributed by atoms with Crippen molar-refractivity contribution in [1.82, 2.24) is 5.32 Å². The molecule has 45 heavy (non-hydrogen) atoms. The third-order valence-corrected chi connectivity index (χ3v) is 8.26. The monoisotopic (exact) mass is 628 g/mol. The van der Waals surface area contributed by atoms with Gasteiger partial charge >= 0.3 is 0 Å². The maximum absolute atomic E-state index is 12.3. The number of nitrogens with one attached hydrogen (secondary N) is 1. The lowest BCUT2D eigenvalue weighted by Crippen LogP contribution is -2.45. The van der Waals surface area contributed by atoms with Gasteiger partial charge in [-0.1, -0.05) is 171 Å². The summed E-state index contributed by atoms with van der Waals surface area (Å²) in [5.41, 5.74) is 0. The Morgan fingerprint density at radius 1 is 0.556 bits per heavy atom. The molecule has 0 bridgehead atoms. The van der Waals surface area contributed by atoms with E-state index in [1.165, 1.54) is 96.3 Å². The number of rotatable bonds is 33. The summed E-state index contributed by atoms with van der Waals surface area (Å²) in [6.07, 6.45) is 50.2. The Morgan fingerprint density at radius 2 is 0.978 bits per heavy atom. The summed E-state index contributed by atoms with van der Waals surface area (Å²) in [5.74, 6) is -0.107. The Balaban J connectivity index is 3.70. The predicted molar refractivity (Wildman–Crippen MR) is 197 cm³/mol. The zero-order chi connectivity index (χ0) is 32.9. The van der Waals surface area contributed by atoms with E-state index in [1.807, 2.05) is 6.08 Å². The van der Waals surface area contributed by atoms with Crippen molar-refractivity contribution in [2.45, 2.75) is 187 Å². The van der Waals surface area contributed by atoms with Crippen LogP contribution in [-0.2, 0) is 4.79 Å². The van der Waals surface area contributed by atoms with Gasteiger partial charge in [0, 0.05) is 6.42 Å². The van der Waals surface area contributed by atoms with Crippen molar-refractivity contribution in [3.8, 4) is 0 Å². The van der Waals surface area contributed by atoms with Crippen LogP contribution < -0.4 is 5.32 Å². The van der Waals surface area contributed by atoms with Gasteiger partial charge in [0.2, 0.25) is 5.91 Å². The summed E-state index contributed by atoms with van der Waals surface area (Å²) in [5, 5.41) is 22.9. The zero-order valence-electron chi connectivity index (χ0n) is 29.6. The number of aliphatic hydroxyl groups excluding tert-OH is 2. The van der Waals surface area contributed by atoms with Crippen LogP contribution in [0.2, 0.25) is 0 Å². The molecule has 2 atom stereocenters. The van der Waals surface area contributed by atoms with Crippen molar-refractivity contribution >= 4 is 5.91 Å². The molecule has 0 aliphatic carbocycles. The summed E-state index contributed by atoms with van der Waals surface area (Å²) in [4.78, 5) is 12.3. The molecule has 0 aliphatic heterocycles. The molecule has 0 spiro atoms. The normalized spacial score (nSPS) is 13.8. The molecule has 0 fully saturated rings. The Morgan fingerprint density at radius 3 is 1.47 bits per heavy atom. The molecule has 0 radical (unpaired) electrons. The van der Waals surface area contributed by atoms with Gasteiger partial charge in [-0.15, -0.1) is 0 Å². The van der Waals surface area contributed by atoms with E-state index < -0.39 is 12.1 Å². The number of carbonyl (C=O) groups is 1. The predicted octanol–water partition coefficient (Wildman–Crippen LogP) is 11.4. The topological polar surface area (TPSA) is 69.6 Å². The van der Waals surface area contributed by atoms with Crippen molar-refractivity contribution < 1.29 is 15.0 Å². The van der Waals surface area contributed by atoms with Crippen molar-refractivity contribution in [2.24, 2.45) is 0 Å². The molecule has 2 unspecified atom stereocenters. The quantitative estimate of drug-likeness (QED) is 0.0501. The highest BCUT2D eigenvalue weighted by atomic mass is 16.3. The maximum atomic E-state index is 12.3. The molecule has 0 aromatic carbocycles. The fraction of sp³-hybridized carbons (Fsp3) is 0.732. The highest BCUT2D eigenvalue weighted by Gasteiger charge is 2.17. The Kier molecular flexibility index (Phi) is 35.0. The molecule has 4 heteroatoms. The SMILES string of the molecule is CC/C=C\C/C=C\C/C=C\C/C=C\CCCCC(=O)NC(CO)C(O)/C=C/CCCCCCCCCCCCCCCCCC. The molecule has 0 rings (SSSR count). The van der Waals surface area contributed by atoms with Gasteiger partial charge in [-0.05, 0) is 57.8 Å². The number of carbonyl (C=O) groups excluding carboxylic acids is 1. The highest BCUT2D eigenvalue weighted by molar-refractivity contribution is 5.76. The molecule has 0 aromatic rings. The van der Waals surface area contributed by atoms with Crippen LogP contribution in [0.3, 0.4) is 0 Å². The van der Waals surface area contributed by atoms with Gasteiger partial charge in [-0.25, -0.2) is 0 Å². The van der Waals surface area contributed by atoms with Crippen molar-refractivity contribution in [3.63, 3.8) is 0 Å². The molecule has 0 saturated heterocycles. The van der Waals surface area contributed by atoms with Crippen molar-refractivity contribution in [3.05, 3.63) is 60.8 Å². The van der Waals surface area contributed by atoms with E-state index in [-0.39, 0.29) is 12.5 Å². The Hall–Kier alpha value is -1.91. The fourth-order valence-corrected chi connectivity index (χ4v) is 5.34. The molecule has 0 aliphatic rings. The van der Waals surface area contributed by atoms with E-state index in [1.54, 1.807) is 6.08 Å². The van der Waals surface area contributed by atoms with E-state index in [4.69, 9.17) is 0 Å². The minimum atomic E-state index is -0.857. The third-order valence-electron chi connectivity index (χ3n) is 8.26. The standard InChI is InChI=1S/C41H73NO3/c1-3-5-7-9-11-13-15-17-19-20-21-23-24-26-28-30-32-34-36-40(44)39(38-43)42-41(45)37-35-33-31-29-27-25-22-18-16-14-12-10-8-6-4-2/h6,8,12,14,18,22,27,29,34,36,39-40,43-44H,3-5,7,9-11,13,15-17,19-21,23-26,28,30-33,35,37-38H2,1-2H3,(H,42,45)/b8-6-,14-12-,22-18-,29-27-,36-34+. The first-order chi connectivity index (χ1) is 22.2. The van der Waals surface area contributed by atoms with Gasteiger partial charge in [-0.2, -0.15) is 0 Å².